The number of carbonyl (C=O) groups excluding carboxylic acids is 1. The van der Waals surface area contributed by atoms with Gasteiger partial charge in [-0.3, -0.25) is 4.79 Å². The van der Waals surface area contributed by atoms with Gasteiger partial charge in [-0.25, -0.2) is 4.39 Å². The predicted molar refractivity (Wildman–Crippen MR) is 78.2 cm³/mol. The molecule has 7 heteroatoms. The third kappa shape index (κ3) is 2.78. The standard InChI is InChI=1S/C14H10BClFNO3/c16-13-5-9(17)2-4-11(13)14(19)18-10-3-1-8-7-21-15(20)12(8)6-10/h1-6,20H,7H2,(H,18,19). The second-order valence-electron chi connectivity index (χ2n) is 4.66. The molecule has 21 heavy (non-hydrogen) atoms. The summed E-state index contributed by atoms with van der Waals surface area (Å²) in [5.74, 6) is -0.956. The van der Waals surface area contributed by atoms with Gasteiger partial charge in [-0.15, -0.1) is 0 Å². The van der Waals surface area contributed by atoms with E-state index in [1.54, 1.807) is 18.2 Å². The summed E-state index contributed by atoms with van der Waals surface area (Å²) >= 11 is 5.85. The Hall–Kier alpha value is -1.89. The lowest BCUT2D eigenvalue weighted by Crippen LogP contribution is -2.28. The van der Waals surface area contributed by atoms with E-state index in [2.05, 4.69) is 5.32 Å². The van der Waals surface area contributed by atoms with Gasteiger partial charge >= 0.3 is 7.12 Å². The summed E-state index contributed by atoms with van der Waals surface area (Å²) in [5.41, 5.74) is 2.18. The van der Waals surface area contributed by atoms with Crippen molar-refractivity contribution >= 4 is 35.8 Å². The molecule has 1 heterocycles. The summed E-state index contributed by atoms with van der Waals surface area (Å²) < 4.78 is 18.1. The smallest absolute Gasteiger partial charge is 0.423 e. The van der Waals surface area contributed by atoms with Gasteiger partial charge in [-0.05, 0) is 41.4 Å². The van der Waals surface area contributed by atoms with Crippen LogP contribution in [0, 0.1) is 5.82 Å². The number of amides is 1. The summed E-state index contributed by atoms with van der Waals surface area (Å²) in [7, 11) is -0.980. The van der Waals surface area contributed by atoms with E-state index in [4.69, 9.17) is 16.3 Å². The zero-order valence-electron chi connectivity index (χ0n) is 10.8. The fraction of sp³-hybridized carbons (Fsp3) is 0.0714. The molecule has 0 spiro atoms. The molecule has 0 saturated carbocycles. The number of halogens is 2. The number of nitrogens with one attached hydrogen (secondary N) is 1. The summed E-state index contributed by atoms with van der Waals surface area (Å²) in [6, 6.07) is 8.68. The first kappa shape index (κ1) is 14.1. The van der Waals surface area contributed by atoms with Crippen molar-refractivity contribution in [2.24, 2.45) is 0 Å². The van der Waals surface area contributed by atoms with Crippen molar-refractivity contribution in [3.05, 3.63) is 58.4 Å². The highest BCUT2D eigenvalue weighted by Crippen LogP contribution is 2.20. The van der Waals surface area contributed by atoms with Crippen molar-refractivity contribution < 1.29 is 18.9 Å². The fourth-order valence-electron chi connectivity index (χ4n) is 2.16. The Bertz CT molecular complexity index is 725. The highest BCUT2D eigenvalue weighted by atomic mass is 35.5. The van der Waals surface area contributed by atoms with Crippen molar-refractivity contribution in [3.63, 3.8) is 0 Å². The van der Waals surface area contributed by atoms with E-state index in [0.717, 1.165) is 11.6 Å². The van der Waals surface area contributed by atoms with E-state index in [1.165, 1.54) is 12.1 Å². The van der Waals surface area contributed by atoms with Crippen LogP contribution < -0.4 is 10.8 Å². The zero-order valence-corrected chi connectivity index (χ0v) is 11.5. The first-order valence-corrected chi connectivity index (χ1v) is 6.61. The molecule has 0 atom stereocenters. The topological polar surface area (TPSA) is 58.6 Å². The van der Waals surface area contributed by atoms with Gasteiger partial charge in [0.15, 0.2) is 0 Å². The highest BCUT2D eigenvalue weighted by molar-refractivity contribution is 6.61. The molecule has 2 N–H and O–H groups in total. The minimum atomic E-state index is -0.980. The monoisotopic (exact) mass is 305 g/mol. The fourth-order valence-corrected chi connectivity index (χ4v) is 2.42. The minimum absolute atomic E-state index is 0.0389. The highest BCUT2D eigenvalue weighted by Gasteiger charge is 2.27. The molecule has 1 amide bonds. The Morgan fingerprint density at radius 2 is 2.14 bits per heavy atom. The number of benzene rings is 2. The lowest BCUT2D eigenvalue weighted by Gasteiger charge is -2.08. The van der Waals surface area contributed by atoms with Gasteiger partial charge < -0.3 is 15.0 Å². The van der Waals surface area contributed by atoms with E-state index < -0.39 is 18.8 Å². The van der Waals surface area contributed by atoms with Crippen LogP contribution in [0.15, 0.2) is 36.4 Å². The van der Waals surface area contributed by atoms with Gasteiger partial charge in [0.05, 0.1) is 17.2 Å². The van der Waals surface area contributed by atoms with Crippen LogP contribution in [0.2, 0.25) is 5.02 Å². The van der Waals surface area contributed by atoms with Gasteiger partial charge in [-0.2, -0.15) is 0 Å². The van der Waals surface area contributed by atoms with Crippen molar-refractivity contribution in [2.45, 2.75) is 6.61 Å². The number of anilines is 1. The van der Waals surface area contributed by atoms with Crippen LogP contribution in [0.4, 0.5) is 10.1 Å². The van der Waals surface area contributed by atoms with E-state index in [-0.39, 0.29) is 10.6 Å². The molecule has 2 aromatic rings. The minimum Gasteiger partial charge on any atom is -0.423 e. The zero-order chi connectivity index (χ0) is 15.0. The molecule has 106 valence electrons. The second-order valence-corrected chi connectivity index (χ2v) is 5.06. The molecule has 0 unspecified atom stereocenters. The molecule has 2 aromatic carbocycles. The predicted octanol–water partition coefficient (Wildman–Crippen LogP) is 1.95. The van der Waals surface area contributed by atoms with Gasteiger partial charge in [0.25, 0.3) is 5.91 Å². The van der Waals surface area contributed by atoms with Crippen molar-refractivity contribution in [2.75, 3.05) is 5.32 Å². The Labute approximate surface area is 125 Å². The molecular formula is C14H10BClFNO3. The first-order chi connectivity index (χ1) is 10.0. The molecule has 0 aromatic heterocycles. The van der Waals surface area contributed by atoms with Crippen LogP contribution in [0.5, 0.6) is 0 Å². The third-order valence-electron chi connectivity index (χ3n) is 3.24. The Morgan fingerprint density at radius 1 is 1.33 bits per heavy atom. The number of fused-ring (bicyclic) bond motifs is 1. The van der Waals surface area contributed by atoms with Crippen LogP contribution in [0.3, 0.4) is 0 Å². The normalized spacial score (nSPS) is 13.2. The summed E-state index contributed by atoms with van der Waals surface area (Å²) in [6.45, 7) is 0.342. The molecule has 0 radical (unpaired) electrons. The maximum absolute atomic E-state index is 13.0. The molecule has 0 saturated heterocycles. The van der Waals surface area contributed by atoms with Gasteiger partial charge in [0.2, 0.25) is 0 Å². The molecule has 0 fully saturated rings. The molecule has 1 aliphatic rings. The molecule has 0 bridgehead atoms. The first-order valence-electron chi connectivity index (χ1n) is 6.23. The summed E-state index contributed by atoms with van der Waals surface area (Å²) in [6.07, 6.45) is 0. The maximum Gasteiger partial charge on any atom is 0.491 e. The van der Waals surface area contributed by atoms with Crippen LogP contribution >= 0.6 is 11.6 Å². The largest absolute Gasteiger partial charge is 0.491 e. The SMILES string of the molecule is O=C(Nc1ccc2c(c1)B(O)OC2)c1ccc(F)cc1Cl. The van der Waals surface area contributed by atoms with Crippen LogP contribution in [0.25, 0.3) is 0 Å². The van der Waals surface area contributed by atoms with E-state index in [1.807, 2.05) is 0 Å². The average molecular weight is 306 g/mol. The second kappa shape index (κ2) is 5.48. The number of hydrogen-bond donors (Lipinski definition) is 2. The van der Waals surface area contributed by atoms with Gasteiger partial charge in [0, 0.05) is 5.69 Å². The quantitative estimate of drug-likeness (QED) is 0.834. The number of hydrogen-bond acceptors (Lipinski definition) is 3. The van der Waals surface area contributed by atoms with Crippen molar-refractivity contribution in [1.82, 2.24) is 0 Å². The Balaban J connectivity index is 1.83. The molecular weight excluding hydrogens is 295 g/mol. The van der Waals surface area contributed by atoms with Gasteiger partial charge in [0.1, 0.15) is 5.82 Å². The Morgan fingerprint density at radius 3 is 2.90 bits per heavy atom. The van der Waals surface area contributed by atoms with E-state index >= 15 is 0 Å². The van der Waals surface area contributed by atoms with Gasteiger partial charge in [-0.1, -0.05) is 17.7 Å². The maximum atomic E-state index is 13.0. The van der Waals surface area contributed by atoms with Crippen LogP contribution in [0.1, 0.15) is 15.9 Å². The summed E-state index contributed by atoms with van der Waals surface area (Å²) in [4.78, 5) is 12.1. The number of carbonyl (C=O) groups is 1. The van der Waals surface area contributed by atoms with Crippen molar-refractivity contribution in [1.29, 1.82) is 0 Å². The summed E-state index contributed by atoms with van der Waals surface area (Å²) in [5, 5.41) is 12.3. The van der Waals surface area contributed by atoms with E-state index in [9.17, 15) is 14.2 Å². The van der Waals surface area contributed by atoms with Crippen molar-refractivity contribution in [3.8, 4) is 0 Å². The Kier molecular flexibility index (Phi) is 3.67. The lowest BCUT2D eigenvalue weighted by molar-refractivity contribution is 0.102. The molecule has 4 nitrogen and oxygen atoms in total. The molecule has 1 aliphatic heterocycles. The average Bonchev–Trinajstić information content (AvgIpc) is 2.80. The molecule has 0 aliphatic carbocycles. The lowest BCUT2D eigenvalue weighted by atomic mass is 9.79. The van der Waals surface area contributed by atoms with Crippen LogP contribution in [-0.4, -0.2) is 18.0 Å². The van der Waals surface area contributed by atoms with Crippen LogP contribution in [-0.2, 0) is 11.3 Å². The number of rotatable bonds is 2. The third-order valence-corrected chi connectivity index (χ3v) is 3.55. The molecule has 3 rings (SSSR count). The van der Waals surface area contributed by atoms with E-state index in [0.29, 0.717) is 17.8 Å².